The maximum atomic E-state index is 12.8. The predicted molar refractivity (Wildman–Crippen MR) is 125 cm³/mol. The number of nitrogens with zero attached hydrogens (tertiary/aromatic N) is 3. The molecule has 172 valence electrons. The number of carbonyl (C=O) groups excluding carboxylic acids is 3. The number of hydrogen-bond donors (Lipinski definition) is 0. The van der Waals surface area contributed by atoms with Gasteiger partial charge in [0, 0.05) is 31.8 Å². The Hall–Kier alpha value is -3.46. The molecule has 1 aliphatic rings. The number of methoxy groups -OCH3 is 1. The molecular weight excluding hydrogens is 442 g/mol. The van der Waals surface area contributed by atoms with Crippen LogP contribution in [0.3, 0.4) is 0 Å². The van der Waals surface area contributed by atoms with Gasteiger partial charge in [-0.2, -0.15) is 0 Å². The molecular formula is C24H25N3O5S. The first-order valence-electron chi connectivity index (χ1n) is 10.6. The maximum Gasteiger partial charge on any atom is 0.312 e. The molecule has 3 aromatic rings. The van der Waals surface area contributed by atoms with Gasteiger partial charge in [0.05, 0.1) is 29.8 Å². The summed E-state index contributed by atoms with van der Waals surface area (Å²) in [4.78, 5) is 45.5. The normalized spacial score (nSPS) is 16.6. The van der Waals surface area contributed by atoms with Gasteiger partial charge in [0.1, 0.15) is 10.8 Å². The molecule has 2 atom stereocenters. The molecule has 1 aromatic heterocycles. The Labute approximate surface area is 195 Å². The summed E-state index contributed by atoms with van der Waals surface area (Å²) in [6.07, 6.45) is -0.920. The largest absolute Gasteiger partial charge is 0.497 e. The second-order valence-corrected chi connectivity index (χ2v) is 9.07. The number of thiazole rings is 1. The highest BCUT2D eigenvalue weighted by Crippen LogP contribution is 2.29. The monoisotopic (exact) mass is 467 g/mol. The van der Waals surface area contributed by atoms with Crippen LogP contribution in [-0.2, 0) is 25.7 Å². The van der Waals surface area contributed by atoms with E-state index in [9.17, 15) is 14.4 Å². The first kappa shape index (κ1) is 22.7. The van der Waals surface area contributed by atoms with Gasteiger partial charge in [-0.1, -0.05) is 18.2 Å². The molecule has 8 nitrogen and oxygen atoms in total. The Morgan fingerprint density at radius 1 is 1.24 bits per heavy atom. The molecule has 0 bridgehead atoms. The number of hydrogen-bond acceptors (Lipinski definition) is 7. The van der Waals surface area contributed by atoms with Crippen LogP contribution in [0, 0.1) is 5.92 Å². The second kappa shape index (κ2) is 9.58. The Bertz CT molecular complexity index is 1160. The van der Waals surface area contributed by atoms with Crippen molar-refractivity contribution >= 4 is 45.0 Å². The molecule has 0 radical (unpaired) electrons. The van der Waals surface area contributed by atoms with E-state index in [0.29, 0.717) is 18.0 Å². The van der Waals surface area contributed by atoms with Gasteiger partial charge in [0.25, 0.3) is 5.91 Å². The summed E-state index contributed by atoms with van der Waals surface area (Å²) in [6.45, 7) is 2.07. The zero-order valence-corrected chi connectivity index (χ0v) is 19.5. The van der Waals surface area contributed by atoms with Crippen LogP contribution in [0.15, 0.2) is 48.5 Å². The quantitative estimate of drug-likeness (QED) is 0.496. The summed E-state index contributed by atoms with van der Waals surface area (Å²) in [7, 11) is 3.21. The van der Waals surface area contributed by atoms with Crippen LogP contribution in [0.25, 0.3) is 10.2 Å². The average molecular weight is 468 g/mol. The van der Waals surface area contributed by atoms with E-state index in [1.165, 1.54) is 16.2 Å². The van der Waals surface area contributed by atoms with Gasteiger partial charge in [-0.25, -0.2) is 4.98 Å². The van der Waals surface area contributed by atoms with Crippen molar-refractivity contribution in [2.75, 3.05) is 25.6 Å². The second-order valence-electron chi connectivity index (χ2n) is 7.96. The summed E-state index contributed by atoms with van der Waals surface area (Å²) < 4.78 is 11.7. The molecule has 1 saturated heterocycles. The molecule has 9 heteroatoms. The number of anilines is 1. The third-order valence-electron chi connectivity index (χ3n) is 5.55. The molecule has 0 spiro atoms. The summed E-state index contributed by atoms with van der Waals surface area (Å²) in [5.74, 6) is -1.05. The first-order chi connectivity index (χ1) is 15.9. The highest BCUT2D eigenvalue weighted by atomic mass is 32.1. The molecule has 33 heavy (non-hydrogen) atoms. The van der Waals surface area contributed by atoms with Gasteiger partial charge < -0.3 is 19.3 Å². The van der Waals surface area contributed by atoms with Crippen molar-refractivity contribution in [1.29, 1.82) is 0 Å². The minimum atomic E-state index is -0.960. The fraction of sp³-hybridized carbons (Fsp3) is 0.333. The number of fused-ring (bicyclic) bond motifs is 1. The van der Waals surface area contributed by atoms with Crippen LogP contribution in [0.2, 0.25) is 0 Å². The van der Waals surface area contributed by atoms with Crippen LogP contribution in [-0.4, -0.2) is 54.5 Å². The summed E-state index contributed by atoms with van der Waals surface area (Å²) in [6, 6.07) is 14.9. The third kappa shape index (κ3) is 4.98. The lowest BCUT2D eigenvalue weighted by Crippen LogP contribution is -2.38. The van der Waals surface area contributed by atoms with Crippen molar-refractivity contribution in [3.8, 4) is 5.75 Å². The van der Waals surface area contributed by atoms with Crippen LogP contribution in [0.1, 0.15) is 18.4 Å². The fourth-order valence-corrected chi connectivity index (χ4v) is 4.81. The summed E-state index contributed by atoms with van der Waals surface area (Å²) in [5, 5.41) is 0.806. The standard InChI is InChI=1S/C24H25N3O5S/c1-15(23(29)26(2)14-21-25-19-9-4-5-10-20(19)33-21)32-24(30)16-11-22(28)27(13-16)17-7-6-8-18(12-17)31-3/h4-10,12,15-16H,11,13-14H2,1-3H3. The molecule has 0 aliphatic carbocycles. The van der Waals surface area contributed by atoms with Gasteiger partial charge in [-0.15, -0.1) is 11.3 Å². The zero-order valence-electron chi connectivity index (χ0n) is 18.7. The van der Waals surface area contributed by atoms with Crippen LogP contribution < -0.4 is 9.64 Å². The molecule has 2 heterocycles. The van der Waals surface area contributed by atoms with Crippen molar-refractivity contribution < 1.29 is 23.9 Å². The molecule has 2 amide bonds. The average Bonchev–Trinajstić information content (AvgIpc) is 3.41. The number of aromatic nitrogens is 1. The molecule has 0 saturated carbocycles. The number of carbonyl (C=O) groups is 3. The number of esters is 1. The number of rotatable bonds is 7. The van der Waals surface area contributed by atoms with Crippen molar-refractivity contribution in [3.63, 3.8) is 0 Å². The number of benzene rings is 2. The van der Waals surface area contributed by atoms with E-state index >= 15 is 0 Å². The van der Waals surface area contributed by atoms with Gasteiger partial charge in [-0.3, -0.25) is 14.4 Å². The Morgan fingerprint density at radius 3 is 2.79 bits per heavy atom. The van der Waals surface area contributed by atoms with Crippen molar-refractivity contribution in [3.05, 3.63) is 53.5 Å². The Balaban J connectivity index is 1.34. The van der Waals surface area contributed by atoms with Gasteiger partial charge >= 0.3 is 5.97 Å². The van der Waals surface area contributed by atoms with E-state index in [2.05, 4.69) is 4.98 Å². The number of para-hydroxylation sites is 1. The van der Waals surface area contributed by atoms with Crippen LogP contribution in [0.5, 0.6) is 5.75 Å². The van der Waals surface area contributed by atoms with Crippen molar-refractivity contribution in [2.24, 2.45) is 5.92 Å². The lowest BCUT2D eigenvalue weighted by atomic mass is 10.1. The number of amides is 2. The third-order valence-corrected chi connectivity index (χ3v) is 6.57. The van der Waals surface area contributed by atoms with Crippen LogP contribution >= 0.6 is 11.3 Å². The maximum absolute atomic E-state index is 12.8. The van der Waals surface area contributed by atoms with E-state index in [-0.39, 0.29) is 24.8 Å². The van der Waals surface area contributed by atoms with E-state index in [1.807, 2.05) is 24.3 Å². The Kier molecular flexibility index (Phi) is 6.60. The van der Waals surface area contributed by atoms with Crippen molar-refractivity contribution in [1.82, 2.24) is 9.88 Å². The van der Waals surface area contributed by atoms with Crippen LogP contribution in [0.4, 0.5) is 5.69 Å². The smallest absolute Gasteiger partial charge is 0.312 e. The molecule has 2 unspecified atom stereocenters. The van der Waals surface area contributed by atoms with E-state index in [1.54, 1.807) is 50.2 Å². The molecule has 0 N–H and O–H groups in total. The van der Waals surface area contributed by atoms with Gasteiger partial charge in [-0.05, 0) is 31.2 Å². The molecule has 1 fully saturated rings. The molecule has 1 aliphatic heterocycles. The van der Waals surface area contributed by atoms with Gasteiger partial charge in [0.15, 0.2) is 6.10 Å². The SMILES string of the molecule is COc1cccc(N2CC(C(=O)OC(C)C(=O)N(C)Cc3nc4ccccc4s3)CC2=O)c1. The first-order valence-corrected chi connectivity index (χ1v) is 11.4. The van der Waals surface area contributed by atoms with E-state index in [4.69, 9.17) is 9.47 Å². The molecule has 4 rings (SSSR count). The number of likely N-dealkylation sites (N-methyl/N-ethyl adjacent to an activating group) is 1. The van der Waals surface area contributed by atoms with Crippen molar-refractivity contribution in [2.45, 2.75) is 26.0 Å². The number of ether oxygens (including phenoxy) is 2. The van der Waals surface area contributed by atoms with Gasteiger partial charge in [0.2, 0.25) is 5.91 Å². The van der Waals surface area contributed by atoms with E-state index < -0.39 is 18.0 Å². The summed E-state index contributed by atoms with van der Waals surface area (Å²) >= 11 is 1.53. The predicted octanol–water partition coefficient (Wildman–Crippen LogP) is 3.25. The molecule has 2 aromatic carbocycles. The lowest BCUT2D eigenvalue weighted by Gasteiger charge is -2.22. The minimum Gasteiger partial charge on any atom is -0.497 e. The highest BCUT2D eigenvalue weighted by molar-refractivity contribution is 7.18. The lowest BCUT2D eigenvalue weighted by molar-refractivity contribution is -0.161. The Morgan fingerprint density at radius 2 is 2.03 bits per heavy atom. The topological polar surface area (TPSA) is 89.0 Å². The highest BCUT2D eigenvalue weighted by Gasteiger charge is 2.37. The fourth-order valence-electron chi connectivity index (χ4n) is 3.79. The summed E-state index contributed by atoms with van der Waals surface area (Å²) in [5.41, 5.74) is 1.55. The minimum absolute atomic E-state index is 0.0402. The van der Waals surface area contributed by atoms with E-state index in [0.717, 1.165) is 15.2 Å². The zero-order chi connectivity index (χ0) is 23.5.